The molecule has 29 heavy (non-hydrogen) atoms. The molecule has 4 rings (SSSR count). The number of para-hydroxylation sites is 1. The number of benzene rings is 2. The van der Waals surface area contributed by atoms with Crippen molar-refractivity contribution in [3.05, 3.63) is 59.4 Å². The van der Waals surface area contributed by atoms with E-state index in [1.807, 2.05) is 6.07 Å². The van der Waals surface area contributed by atoms with E-state index >= 15 is 0 Å². The molecule has 7 nitrogen and oxygen atoms in total. The Morgan fingerprint density at radius 1 is 1.24 bits per heavy atom. The van der Waals surface area contributed by atoms with Crippen LogP contribution in [0.25, 0.3) is 11.0 Å². The topological polar surface area (TPSA) is 91.0 Å². The number of imidazole rings is 1. The molecule has 3 aromatic rings. The summed E-state index contributed by atoms with van der Waals surface area (Å²) in [5.74, 6) is -1.24. The summed E-state index contributed by atoms with van der Waals surface area (Å²) in [7, 11) is 3.38. The van der Waals surface area contributed by atoms with E-state index in [2.05, 4.69) is 16.4 Å². The van der Waals surface area contributed by atoms with Gasteiger partial charge in [0.1, 0.15) is 17.4 Å². The van der Waals surface area contributed by atoms with Crippen LogP contribution in [-0.4, -0.2) is 33.3 Å². The summed E-state index contributed by atoms with van der Waals surface area (Å²) in [5.41, 5.74) is 2.33. The maximum absolute atomic E-state index is 13.3. The third-order valence-corrected chi connectivity index (χ3v) is 5.40. The second kappa shape index (κ2) is 7.02. The molecule has 146 valence electrons. The SMILES string of the molecule is CN1C(=O)CC(C(=O)Nc2nc3c(C#N)cccc3n2C)C1c1ccc(F)cc1. The number of aryl methyl sites for hydroxylation is 1. The second-order valence-electron chi connectivity index (χ2n) is 7.08. The first-order valence-corrected chi connectivity index (χ1v) is 9.08. The Bertz CT molecular complexity index is 1160. The molecule has 0 spiro atoms. The van der Waals surface area contributed by atoms with Gasteiger partial charge in [-0.2, -0.15) is 5.26 Å². The van der Waals surface area contributed by atoms with Crippen molar-refractivity contribution in [3.8, 4) is 6.07 Å². The van der Waals surface area contributed by atoms with Crippen molar-refractivity contribution in [2.45, 2.75) is 12.5 Å². The van der Waals surface area contributed by atoms with Crippen molar-refractivity contribution >= 4 is 28.8 Å². The highest BCUT2D eigenvalue weighted by atomic mass is 19.1. The van der Waals surface area contributed by atoms with Crippen LogP contribution in [0.3, 0.4) is 0 Å². The number of fused-ring (bicyclic) bond motifs is 1. The lowest BCUT2D eigenvalue weighted by Crippen LogP contribution is -2.30. The van der Waals surface area contributed by atoms with Crippen molar-refractivity contribution < 1.29 is 14.0 Å². The number of nitrogens with zero attached hydrogens (tertiary/aromatic N) is 4. The van der Waals surface area contributed by atoms with Gasteiger partial charge < -0.3 is 9.47 Å². The zero-order chi connectivity index (χ0) is 20.7. The molecule has 0 radical (unpaired) electrons. The molecule has 1 aliphatic rings. The molecule has 0 aliphatic carbocycles. The van der Waals surface area contributed by atoms with Crippen molar-refractivity contribution in [1.29, 1.82) is 5.26 Å². The predicted octanol–water partition coefficient (Wildman–Crippen LogP) is 2.74. The summed E-state index contributed by atoms with van der Waals surface area (Å²) in [5, 5.41) is 12.1. The van der Waals surface area contributed by atoms with Crippen LogP contribution in [0.2, 0.25) is 0 Å². The summed E-state index contributed by atoms with van der Waals surface area (Å²) >= 11 is 0. The van der Waals surface area contributed by atoms with Crippen LogP contribution in [0.1, 0.15) is 23.6 Å². The molecular formula is C21H18FN5O2. The lowest BCUT2D eigenvalue weighted by molar-refractivity contribution is -0.128. The minimum atomic E-state index is -0.645. The summed E-state index contributed by atoms with van der Waals surface area (Å²) < 4.78 is 15.0. The van der Waals surface area contributed by atoms with Crippen LogP contribution >= 0.6 is 0 Å². The summed E-state index contributed by atoms with van der Waals surface area (Å²) in [6.45, 7) is 0. The highest BCUT2D eigenvalue weighted by Gasteiger charge is 2.43. The van der Waals surface area contributed by atoms with Crippen molar-refractivity contribution in [2.24, 2.45) is 13.0 Å². The average molecular weight is 391 g/mol. The van der Waals surface area contributed by atoms with E-state index in [0.717, 1.165) is 0 Å². The lowest BCUT2D eigenvalue weighted by atomic mass is 9.93. The van der Waals surface area contributed by atoms with Gasteiger partial charge in [-0.25, -0.2) is 9.37 Å². The Morgan fingerprint density at radius 2 is 1.97 bits per heavy atom. The molecule has 1 saturated heterocycles. The minimum absolute atomic E-state index is 0.0533. The third kappa shape index (κ3) is 3.10. The maximum atomic E-state index is 13.3. The molecule has 1 N–H and O–H groups in total. The molecular weight excluding hydrogens is 373 g/mol. The molecule has 2 atom stereocenters. The fourth-order valence-electron chi connectivity index (χ4n) is 3.84. The van der Waals surface area contributed by atoms with Crippen LogP contribution in [0.5, 0.6) is 0 Å². The maximum Gasteiger partial charge on any atom is 0.232 e. The number of carbonyl (C=O) groups is 2. The van der Waals surface area contributed by atoms with E-state index in [4.69, 9.17) is 0 Å². The number of anilines is 1. The first-order chi connectivity index (χ1) is 13.9. The zero-order valence-electron chi connectivity index (χ0n) is 15.9. The smallest absolute Gasteiger partial charge is 0.232 e. The lowest BCUT2D eigenvalue weighted by Gasteiger charge is -2.24. The number of aromatic nitrogens is 2. The van der Waals surface area contributed by atoms with Crippen molar-refractivity contribution in [2.75, 3.05) is 12.4 Å². The average Bonchev–Trinajstić information content (AvgIpc) is 3.19. The van der Waals surface area contributed by atoms with Gasteiger partial charge in [0.2, 0.25) is 17.8 Å². The summed E-state index contributed by atoms with van der Waals surface area (Å²) in [6, 6.07) is 12.6. The van der Waals surface area contributed by atoms with Gasteiger partial charge in [0.05, 0.1) is 23.0 Å². The number of hydrogen-bond acceptors (Lipinski definition) is 4. The van der Waals surface area contributed by atoms with Gasteiger partial charge in [-0.3, -0.25) is 14.9 Å². The first kappa shape index (κ1) is 18.6. The normalized spacial score (nSPS) is 18.8. The highest BCUT2D eigenvalue weighted by Crippen LogP contribution is 2.37. The van der Waals surface area contributed by atoms with E-state index in [-0.39, 0.29) is 24.1 Å². The quantitative estimate of drug-likeness (QED) is 0.743. The molecule has 2 unspecified atom stereocenters. The predicted molar refractivity (Wildman–Crippen MR) is 104 cm³/mol. The number of carbonyl (C=O) groups excluding carboxylic acids is 2. The van der Waals surface area contributed by atoms with Crippen LogP contribution in [0.4, 0.5) is 10.3 Å². The number of nitriles is 1. The van der Waals surface area contributed by atoms with Gasteiger partial charge in [-0.1, -0.05) is 18.2 Å². The van der Waals surface area contributed by atoms with Gasteiger partial charge in [0.25, 0.3) is 0 Å². The molecule has 2 heterocycles. The van der Waals surface area contributed by atoms with Gasteiger partial charge in [-0.15, -0.1) is 0 Å². The second-order valence-corrected chi connectivity index (χ2v) is 7.08. The number of hydrogen-bond donors (Lipinski definition) is 1. The Morgan fingerprint density at radius 3 is 2.66 bits per heavy atom. The fraction of sp³-hybridized carbons (Fsp3) is 0.238. The molecule has 1 fully saturated rings. The van der Waals surface area contributed by atoms with Crippen LogP contribution in [0.15, 0.2) is 42.5 Å². The van der Waals surface area contributed by atoms with E-state index in [9.17, 15) is 19.2 Å². The van der Waals surface area contributed by atoms with E-state index < -0.39 is 12.0 Å². The molecule has 0 saturated carbocycles. The molecule has 1 aliphatic heterocycles. The van der Waals surface area contributed by atoms with E-state index in [1.54, 1.807) is 42.9 Å². The molecule has 0 bridgehead atoms. The van der Waals surface area contributed by atoms with Crippen molar-refractivity contribution in [3.63, 3.8) is 0 Å². The monoisotopic (exact) mass is 391 g/mol. The molecule has 2 amide bonds. The Kier molecular flexibility index (Phi) is 4.51. The number of amides is 2. The highest BCUT2D eigenvalue weighted by molar-refractivity contribution is 5.98. The van der Waals surface area contributed by atoms with Crippen molar-refractivity contribution in [1.82, 2.24) is 14.5 Å². The standard InChI is InChI=1S/C21H18FN5O2/c1-26-16-5-3-4-13(11-23)18(16)24-21(26)25-20(29)15-10-17(28)27(2)19(15)12-6-8-14(22)9-7-12/h3-9,15,19H,10H2,1-2H3,(H,24,25,29). The molecule has 2 aromatic carbocycles. The zero-order valence-corrected chi connectivity index (χ0v) is 15.9. The van der Waals surface area contributed by atoms with Crippen LogP contribution in [-0.2, 0) is 16.6 Å². The van der Waals surface area contributed by atoms with Gasteiger partial charge in [-0.05, 0) is 29.8 Å². The fourth-order valence-corrected chi connectivity index (χ4v) is 3.84. The number of rotatable bonds is 3. The Hall–Kier alpha value is -3.73. The van der Waals surface area contributed by atoms with Crippen LogP contribution < -0.4 is 5.32 Å². The molecule has 8 heteroatoms. The van der Waals surface area contributed by atoms with Gasteiger partial charge in [0.15, 0.2) is 0 Å². The Labute approximate surface area is 166 Å². The van der Waals surface area contributed by atoms with E-state index in [0.29, 0.717) is 28.1 Å². The Balaban J connectivity index is 1.66. The number of nitrogens with one attached hydrogen (secondary N) is 1. The number of likely N-dealkylation sites (tertiary alicyclic amines) is 1. The first-order valence-electron chi connectivity index (χ1n) is 9.08. The third-order valence-electron chi connectivity index (χ3n) is 5.40. The van der Waals surface area contributed by atoms with Gasteiger partial charge in [0, 0.05) is 20.5 Å². The van der Waals surface area contributed by atoms with E-state index in [1.165, 1.54) is 17.0 Å². The summed E-state index contributed by atoms with van der Waals surface area (Å²) in [6.07, 6.45) is 0.0533. The largest absolute Gasteiger partial charge is 0.338 e. The van der Waals surface area contributed by atoms with Gasteiger partial charge >= 0.3 is 0 Å². The van der Waals surface area contributed by atoms with Crippen LogP contribution in [0, 0.1) is 23.1 Å². The number of halogens is 1. The minimum Gasteiger partial charge on any atom is -0.338 e. The molecule has 1 aromatic heterocycles. The summed E-state index contributed by atoms with van der Waals surface area (Å²) in [4.78, 5) is 31.3.